The van der Waals surface area contributed by atoms with Crippen LogP contribution in [-0.2, 0) is 20.0 Å². The van der Waals surface area contributed by atoms with Crippen LogP contribution in [0.2, 0.25) is 0 Å². The molecule has 9 nitrogen and oxygen atoms in total. The second-order valence-corrected chi connectivity index (χ2v) is 10.3. The van der Waals surface area contributed by atoms with Crippen molar-refractivity contribution in [3.05, 3.63) is 60.7 Å². The molecular formula is C19H21N3O6S2. The van der Waals surface area contributed by atoms with Crippen molar-refractivity contribution >= 4 is 37.3 Å². The second-order valence-electron chi connectivity index (χ2n) is 6.56. The molecule has 0 atom stereocenters. The zero-order chi connectivity index (χ0) is 21.9. The van der Waals surface area contributed by atoms with E-state index in [9.17, 15) is 26.7 Å². The number of phenolic OH excluding ortho intramolecular Hbond substituents is 1. The molecule has 1 saturated heterocycles. The molecule has 11 heteroatoms. The lowest BCUT2D eigenvalue weighted by Gasteiger charge is -2.18. The number of sulfonamides is 2. The molecule has 160 valence electrons. The fourth-order valence-electron chi connectivity index (χ4n) is 2.94. The molecule has 3 rings (SSSR count). The van der Waals surface area contributed by atoms with Crippen LogP contribution < -0.4 is 14.3 Å². The van der Waals surface area contributed by atoms with Gasteiger partial charge in [0.1, 0.15) is 5.75 Å². The first-order chi connectivity index (χ1) is 14.1. The Morgan fingerprint density at radius 3 is 2.50 bits per heavy atom. The summed E-state index contributed by atoms with van der Waals surface area (Å²) < 4.78 is 51.9. The lowest BCUT2D eigenvalue weighted by molar-refractivity contribution is 0.102. The van der Waals surface area contributed by atoms with Gasteiger partial charge in [-0.2, -0.15) is 0 Å². The van der Waals surface area contributed by atoms with E-state index in [-0.39, 0.29) is 34.2 Å². The monoisotopic (exact) mass is 451 g/mol. The minimum absolute atomic E-state index is 0.00927. The molecule has 0 unspecified atom stereocenters. The molecule has 1 aliphatic heterocycles. The minimum atomic E-state index is -3.71. The van der Waals surface area contributed by atoms with Crippen LogP contribution in [0.5, 0.6) is 5.75 Å². The Morgan fingerprint density at radius 1 is 1.20 bits per heavy atom. The lowest BCUT2D eigenvalue weighted by Crippen LogP contribution is -2.25. The number of benzene rings is 2. The zero-order valence-corrected chi connectivity index (χ0v) is 17.5. The average molecular weight is 452 g/mol. The Morgan fingerprint density at radius 2 is 1.90 bits per heavy atom. The maximum Gasteiger partial charge on any atom is 0.255 e. The Kier molecular flexibility index (Phi) is 6.15. The van der Waals surface area contributed by atoms with Crippen LogP contribution in [0.1, 0.15) is 16.8 Å². The van der Waals surface area contributed by atoms with Gasteiger partial charge in [-0.3, -0.25) is 9.10 Å². The molecule has 1 fully saturated rings. The number of amides is 1. The van der Waals surface area contributed by atoms with Crippen LogP contribution in [0.15, 0.2) is 60.0 Å². The molecule has 2 aromatic carbocycles. The fraction of sp³-hybridized carbons (Fsp3) is 0.211. The Bertz CT molecular complexity index is 1180. The average Bonchev–Trinajstić information content (AvgIpc) is 3.07. The van der Waals surface area contributed by atoms with Crippen molar-refractivity contribution in [3.63, 3.8) is 0 Å². The maximum atomic E-state index is 12.5. The number of hydrogen-bond donors (Lipinski definition) is 3. The zero-order valence-electron chi connectivity index (χ0n) is 15.9. The van der Waals surface area contributed by atoms with Gasteiger partial charge in [-0.15, -0.1) is 6.58 Å². The highest BCUT2D eigenvalue weighted by Gasteiger charge is 2.29. The smallest absolute Gasteiger partial charge is 0.255 e. The number of hydrogen-bond acceptors (Lipinski definition) is 6. The molecule has 0 aromatic heterocycles. The van der Waals surface area contributed by atoms with E-state index >= 15 is 0 Å². The lowest BCUT2D eigenvalue weighted by atomic mass is 10.2. The van der Waals surface area contributed by atoms with Crippen LogP contribution in [0.4, 0.5) is 11.4 Å². The van der Waals surface area contributed by atoms with Gasteiger partial charge in [0.15, 0.2) is 0 Å². The van der Waals surface area contributed by atoms with E-state index in [4.69, 9.17) is 0 Å². The predicted octanol–water partition coefficient (Wildman–Crippen LogP) is 1.65. The summed E-state index contributed by atoms with van der Waals surface area (Å²) in [4.78, 5) is 12.5. The van der Waals surface area contributed by atoms with Crippen molar-refractivity contribution in [1.29, 1.82) is 0 Å². The normalized spacial score (nSPS) is 15.7. The van der Waals surface area contributed by atoms with E-state index in [0.717, 1.165) is 0 Å². The summed E-state index contributed by atoms with van der Waals surface area (Å²) in [7, 11) is -7.12. The van der Waals surface area contributed by atoms with Crippen LogP contribution in [-0.4, -0.2) is 46.7 Å². The standard InChI is InChI=1S/C19H21N3O6S2/c1-2-10-20-30(27,28)16-7-4-14(5-8-16)19(24)21-17-13-15(6-9-18(17)23)22-11-3-12-29(22,25)26/h2,4-9,13,20,23H,1,3,10-12H2,(H,21,24). The first kappa shape index (κ1) is 21.8. The molecular weight excluding hydrogens is 430 g/mol. The first-order valence-electron chi connectivity index (χ1n) is 8.99. The van der Waals surface area contributed by atoms with E-state index in [1.807, 2.05) is 0 Å². The van der Waals surface area contributed by atoms with E-state index in [1.54, 1.807) is 0 Å². The van der Waals surface area contributed by atoms with Gasteiger partial charge in [0.05, 0.1) is 22.0 Å². The summed E-state index contributed by atoms with van der Waals surface area (Å²) in [6, 6.07) is 9.39. The second kappa shape index (κ2) is 8.46. The highest BCUT2D eigenvalue weighted by Crippen LogP contribution is 2.32. The number of rotatable bonds is 7. The van der Waals surface area contributed by atoms with Crippen LogP contribution >= 0.6 is 0 Å². The third kappa shape index (κ3) is 4.64. The predicted molar refractivity (Wildman–Crippen MR) is 114 cm³/mol. The van der Waals surface area contributed by atoms with Gasteiger partial charge in [0.25, 0.3) is 5.91 Å². The summed E-state index contributed by atoms with van der Waals surface area (Å²) in [6.07, 6.45) is 1.91. The molecule has 30 heavy (non-hydrogen) atoms. The van der Waals surface area contributed by atoms with Gasteiger partial charge in [0.2, 0.25) is 20.0 Å². The minimum Gasteiger partial charge on any atom is -0.506 e. The summed E-state index contributed by atoms with van der Waals surface area (Å²) in [6.45, 7) is 3.85. The van der Waals surface area contributed by atoms with Crippen molar-refractivity contribution in [2.75, 3.05) is 28.5 Å². The van der Waals surface area contributed by atoms with Crippen LogP contribution in [0.25, 0.3) is 0 Å². The highest BCUT2D eigenvalue weighted by atomic mass is 32.2. The molecule has 0 aliphatic carbocycles. The fourth-order valence-corrected chi connectivity index (χ4v) is 5.50. The van der Waals surface area contributed by atoms with Crippen molar-refractivity contribution in [1.82, 2.24) is 4.72 Å². The number of carbonyl (C=O) groups is 1. The molecule has 0 spiro atoms. The number of aromatic hydroxyl groups is 1. The molecule has 3 N–H and O–H groups in total. The SMILES string of the molecule is C=CCNS(=O)(=O)c1ccc(C(=O)Nc2cc(N3CCCS3(=O)=O)ccc2O)cc1. The molecule has 0 bridgehead atoms. The van der Waals surface area contributed by atoms with Gasteiger partial charge in [0, 0.05) is 18.7 Å². The first-order valence-corrected chi connectivity index (χ1v) is 12.1. The summed E-state index contributed by atoms with van der Waals surface area (Å²) >= 11 is 0. The number of phenols is 1. The Balaban J connectivity index is 1.79. The van der Waals surface area contributed by atoms with E-state index < -0.39 is 26.0 Å². The van der Waals surface area contributed by atoms with Gasteiger partial charge in [-0.1, -0.05) is 6.08 Å². The molecule has 0 saturated carbocycles. The van der Waals surface area contributed by atoms with Crippen molar-refractivity contribution < 1.29 is 26.7 Å². The number of nitrogens with zero attached hydrogens (tertiary/aromatic N) is 1. The Labute approximate surface area is 175 Å². The molecule has 1 heterocycles. The summed E-state index contributed by atoms with van der Waals surface area (Å²) in [5.41, 5.74) is 0.551. The molecule has 0 radical (unpaired) electrons. The van der Waals surface area contributed by atoms with E-state index in [0.29, 0.717) is 18.7 Å². The number of anilines is 2. The quantitative estimate of drug-likeness (QED) is 0.433. The van der Waals surface area contributed by atoms with Crippen LogP contribution in [0.3, 0.4) is 0 Å². The van der Waals surface area contributed by atoms with Crippen molar-refractivity contribution in [3.8, 4) is 5.75 Å². The molecule has 1 aliphatic rings. The van der Waals surface area contributed by atoms with E-state index in [1.165, 1.54) is 52.8 Å². The third-order valence-electron chi connectivity index (χ3n) is 4.46. The summed E-state index contributed by atoms with van der Waals surface area (Å²) in [5.74, 6) is -0.766. The third-order valence-corrected chi connectivity index (χ3v) is 7.77. The topological polar surface area (TPSA) is 133 Å². The van der Waals surface area contributed by atoms with Gasteiger partial charge in [-0.05, 0) is 48.9 Å². The highest BCUT2D eigenvalue weighted by molar-refractivity contribution is 7.93. The van der Waals surface area contributed by atoms with Crippen molar-refractivity contribution in [2.24, 2.45) is 0 Å². The van der Waals surface area contributed by atoms with E-state index in [2.05, 4.69) is 16.6 Å². The van der Waals surface area contributed by atoms with Gasteiger partial charge >= 0.3 is 0 Å². The number of carbonyl (C=O) groups excluding carboxylic acids is 1. The van der Waals surface area contributed by atoms with Crippen LogP contribution in [0, 0.1) is 0 Å². The largest absolute Gasteiger partial charge is 0.506 e. The van der Waals surface area contributed by atoms with Gasteiger partial charge < -0.3 is 10.4 Å². The van der Waals surface area contributed by atoms with Crippen molar-refractivity contribution in [2.45, 2.75) is 11.3 Å². The molecule has 1 amide bonds. The Hall–Kier alpha value is -2.89. The maximum absolute atomic E-state index is 12.5. The van der Waals surface area contributed by atoms with Gasteiger partial charge in [-0.25, -0.2) is 21.6 Å². The number of nitrogens with one attached hydrogen (secondary N) is 2. The summed E-state index contributed by atoms with van der Waals surface area (Å²) in [5, 5.41) is 12.6. The molecule has 2 aromatic rings.